The lowest BCUT2D eigenvalue weighted by atomic mass is 10.2. The second-order valence-corrected chi connectivity index (χ2v) is 7.41. The Morgan fingerprint density at radius 3 is 2.63 bits per heavy atom. The molecular weight excluding hydrogens is 390 g/mol. The van der Waals surface area contributed by atoms with Gasteiger partial charge in [0.25, 0.3) is 5.91 Å². The van der Waals surface area contributed by atoms with Gasteiger partial charge in [0.05, 0.1) is 16.6 Å². The number of carbonyl (C=O) groups is 2. The van der Waals surface area contributed by atoms with E-state index in [1.165, 1.54) is 0 Å². The number of fused-ring (bicyclic) bond motifs is 1. The Hall–Kier alpha value is -3.29. The number of anilines is 1. The molecule has 1 fully saturated rings. The van der Waals surface area contributed by atoms with Crippen LogP contribution in [-0.2, 0) is 4.79 Å². The summed E-state index contributed by atoms with van der Waals surface area (Å²) in [5.74, 6) is -2.19. The third-order valence-corrected chi connectivity index (χ3v) is 5.35. The van der Waals surface area contributed by atoms with Crippen molar-refractivity contribution in [1.29, 1.82) is 0 Å². The number of rotatable bonds is 6. The molecule has 1 heterocycles. The summed E-state index contributed by atoms with van der Waals surface area (Å²) >= 11 is 0. The number of imidazole rings is 1. The van der Waals surface area contributed by atoms with Crippen LogP contribution in [0.5, 0.6) is 0 Å². The molecule has 156 valence electrons. The molecule has 0 spiro atoms. The number of aromatic nitrogens is 2. The molecule has 2 amide bonds. The standard InChI is InChI=1S/C22H22F2N4O2/c23-14-9-10-16(17(24)13-14)21(30)25-12-11-20(29)27-22-26-18-7-3-4-8-19(18)28(22)15-5-1-2-6-15/h3-4,7-10,13,15H,1-2,5-6,11-12H2,(H,25,30)(H,26,27,29). The first-order valence-electron chi connectivity index (χ1n) is 10.0. The summed E-state index contributed by atoms with van der Waals surface area (Å²) in [6, 6.07) is 10.8. The Kier molecular flexibility index (Phi) is 5.74. The van der Waals surface area contributed by atoms with Gasteiger partial charge < -0.3 is 9.88 Å². The van der Waals surface area contributed by atoms with E-state index in [1.807, 2.05) is 24.3 Å². The quantitative estimate of drug-likeness (QED) is 0.638. The first kappa shape index (κ1) is 20.0. The smallest absolute Gasteiger partial charge is 0.254 e. The summed E-state index contributed by atoms with van der Waals surface area (Å²) in [6.07, 6.45) is 4.39. The number of hydrogen-bond donors (Lipinski definition) is 2. The Bertz CT molecular complexity index is 1090. The topological polar surface area (TPSA) is 76.0 Å². The maximum Gasteiger partial charge on any atom is 0.254 e. The predicted molar refractivity (Wildman–Crippen MR) is 109 cm³/mol. The van der Waals surface area contributed by atoms with E-state index in [1.54, 1.807) is 0 Å². The van der Waals surface area contributed by atoms with Gasteiger partial charge in [0, 0.05) is 25.1 Å². The van der Waals surface area contributed by atoms with Gasteiger partial charge >= 0.3 is 0 Å². The molecule has 0 atom stereocenters. The average Bonchev–Trinajstić information content (AvgIpc) is 3.34. The lowest BCUT2D eigenvalue weighted by Gasteiger charge is -2.16. The fraction of sp³-hybridized carbons (Fsp3) is 0.318. The molecule has 30 heavy (non-hydrogen) atoms. The number of hydrogen-bond acceptors (Lipinski definition) is 3. The van der Waals surface area contributed by atoms with Crippen molar-refractivity contribution in [3.63, 3.8) is 0 Å². The molecule has 4 rings (SSSR count). The summed E-state index contributed by atoms with van der Waals surface area (Å²) in [5.41, 5.74) is 1.54. The van der Waals surface area contributed by atoms with Crippen LogP contribution in [0.3, 0.4) is 0 Å². The van der Waals surface area contributed by atoms with Crippen molar-refractivity contribution in [2.75, 3.05) is 11.9 Å². The van der Waals surface area contributed by atoms with Gasteiger partial charge in [0.2, 0.25) is 11.9 Å². The van der Waals surface area contributed by atoms with Crippen molar-refractivity contribution < 1.29 is 18.4 Å². The summed E-state index contributed by atoms with van der Waals surface area (Å²) in [6.45, 7) is 0.0190. The maximum atomic E-state index is 13.7. The highest BCUT2D eigenvalue weighted by molar-refractivity contribution is 5.95. The van der Waals surface area contributed by atoms with Crippen LogP contribution >= 0.6 is 0 Å². The predicted octanol–water partition coefficient (Wildman–Crippen LogP) is 4.19. The van der Waals surface area contributed by atoms with Gasteiger partial charge in [-0.2, -0.15) is 0 Å². The largest absolute Gasteiger partial charge is 0.351 e. The van der Waals surface area contributed by atoms with E-state index < -0.39 is 17.5 Å². The molecule has 1 saturated carbocycles. The van der Waals surface area contributed by atoms with Gasteiger partial charge in [0.1, 0.15) is 11.6 Å². The van der Waals surface area contributed by atoms with E-state index >= 15 is 0 Å². The maximum absolute atomic E-state index is 13.7. The van der Waals surface area contributed by atoms with E-state index in [0.717, 1.165) is 48.8 Å². The molecule has 8 heteroatoms. The number of benzene rings is 2. The van der Waals surface area contributed by atoms with Gasteiger partial charge in [0.15, 0.2) is 0 Å². The molecule has 2 aromatic carbocycles. The number of para-hydroxylation sites is 2. The van der Waals surface area contributed by atoms with Gasteiger partial charge in [-0.15, -0.1) is 0 Å². The second-order valence-electron chi connectivity index (χ2n) is 7.41. The molecule has 6 nitrogen and oxygen atoms in total. The molecule has 3 aromatic rings. The first-order chi connectivity index (χ1) is 14.5. The van der Waals surface area contributed by atoms with Crippen LogP contribution in [0.15, 0.2) is 42.5 Å². The minimum atomic E-state index is -0.942. The Morgan fingerprint density at radius 2 is 1.87 bits per heavy atom. The highest BCUT2D eigenvalue weighted by Crippen LogP contribution is 2.35. The third kappa shape index (κ3) is 4.17. The zero-order chi connectivity index (χ0) is 21.1. The Morgan fingerprint density at radius 1 is 1.10 bits per heavy atom. The molecule has 1 aliphatic rings. The zero-order valence-corrected chi connectivity index (χ0v) is 16.3. The molecule has 0 bridgehead atoms. The van der Waals surface area contributed by atoms with Crippen LogP contribution in [0.2, 0.25) is 0 Å². The van der Waals surface area contributed by atoms with E-state index in [0.29, 0.717) is 18.1 Å². The van der Waals surface area contributed by atoms with Crippen LogP contribution < -0.4 is 10.6 Å². The van der Waals surface area contributed by atoms with Crippen molar-refractivity contribution >= 4 is 28.8 Å². The summed E-state index contributed by atoms with van der Waals surface area (Å²) in [4.78, 5) is 29.1. The van der Waals surface area contributed by atoms with Crippen LogP contribution in [-0.4, -0.2) is 27.9 Å². The molecule has 0 unspecified atom stereocenters. The van der Waals surface area contributed by atoms with Crippen molar-refractivity contribution in [2.45, 2.75) is 38.1 Å². The minimum absolute atomic E-state index is 0.00241. The van der Waals surface area contributed by atoms with Crippen LogP contribution in [0, 0.1) is 11.6 Å². The van der Waals surface area contributed by atoms with Gasteiger partial charge in [-0.1, -0.05) is 25.0 Å². The number of halogens is 2. The molecule has 1 aliphatic carbocycles. The fourth-order valence-electron chi connectivity index (χ4n) is 3.91. The fourth-order valence-corrected chi connectivity index (χ4v) is 3.91. The number of carbonyl (C=O) groups excluding carboxylic acids is 2. The van der Waals surface area contributed by atoms with Gasteiger partial charge in [-0.25, -0.2) is 13.8 Å². The van der Waals surface area contributed by atoms with Crippen LogP contribution in [0.25, 0.3) is 11.0 Å². The van der Waals surface area contributed by atoms with Crippen molar-refractivity contribution in [3.05, 3.63) is 59.7 Å². The molecule has 0 radical (unpaired) electrons. The summed E-state index contributed by atoms with van der Waals surface area (Å²) in [7, 11) is 0. The monoisotopic (exact) mass is 412 g/mol. The van der Waals surface area contributed by atoms with E-state index in [2.05, 4.69) is 20.2 Å². The van der Waals surface area contributed by atoms with E-state index in [4.69, 9.17) is 0 Å². The third-order valence-electron chi connectivity index (χ3n) is 5.35. The van der Waals surface area contributed by atoms with E-state index in [9.17, 15) is 18.4 Å². The molecule has 0 aliphatic heterocycles. The van der Waals surface area contributed by atoms with Crippen LogP contribution in [0.4, 0.5) is 14.7 Å². The summed E-state index contributed by atoms with van der Waals surface area (Å²) < 4.78 is 28.7. The first-order valence-corrected chi connectivity index (χ1v) is 10.0. The average molecular weight is 412 g/mol. The van der Waals surface area contributed by atoms with Gasteiger partial charge in [-0.3, -0.25) is 14.9 Å². The highest BCUT2D eigenvalue weighted by atomic mass is 19.1. The Balaban J connectivity index is 1.40. The number of amides is 2. The lowest BCUT2D eigenvalue weighted by Crippen LogP contribution is -2.29. The van der Waals surface area contributed by atoms with Crippen molar-refractivity contribution in [2.24, 2.45) is 0 Å². The Labute approximate surface area is 172 Å². The minimum Gasteiger partial charge on any atom is -0.351 e. The molecular formula is C22H22F2N4O2. The summed E-state index contributed by atoms with van der Waals surface area (Å²) in [5, 5.41) is 5.33. The SMILES string of the molecule is O=C(CCNC(=O)c1ccc(F)cc1F)Nc1nc2ccccc2n1C1CCCC1. The lowest BCUT2D eigenvalue weighted by molar-refractivity contribution is -0.116. The molecule has 0 saturated heterocycles. The van der Waals surface area contributed by atoms with Crippen LogP contribution in [0.1, 0.15) is 48.5 Å². The zero-order valence-electron chi connectivity index (χ0n) is 16.3. The highest BCUT2D eigenvalue weighted by Gasteiger charge is 2.23. The normalized spacial score (nSPS) is 14.2. The van der Waals surface area contributed by atoms with E-state index in [-0.39, 0.29) is 24.4 Å². The molecule has 1 aromatic heterocycles. The number of nitrogens with one attached hydrogen (secondary N) is 2. The van der Waals surface area contributed by atoms with Gasteiger partial charge in [-0.05, 0) is 37.1 Å². The number of nitrogens with zero attached hydrogens (tertiary/aromatic N) is 2. The molecule has 2 N–H and O–H groups in total. The van der Waals surface area contributed by atoms with Crippen molar-refractivity contribution in [3.8, 4) is 0 Å². The second kappa shape index (κ2) is 8.61. The van der Waals surface area contributed by atoms with Crippen molar-refractivity contribution in [1.82, 2.24) is 14.9 Å².